The van der Waals surface area contributed by atoms with E-state index in [2.05, 4.69) is 35.4 Å². The van der Waals surface area contributed by atoms with Gasteiger partial charge in [0.15, 0.2) is 6.39 Å². The highest BCUT2D eigenvalue weighted by Crippen LogP contribution is 2.11. The summed E-state index contributed by atoms with van der Waals surface area (Å²) in [4.78, 5) is 4.15. The van der Waals surface area contributed by atoms with Crippen LogP contribution in [0.25, 0.3) is 0 Å². The number of oxazole rings is 1. The van der Waals surface area contributed by atoms with Crippen molar-refractivity contribution in [3.8, 4) is 0 Å². The van der Waals surface area contributed by atoms with E-state index >= 15 is 0 Å². The first kappa shape index (κ1) is 12.8. The van der Waals surface area contributed by atoms with E-state index in [4.69, 9.17) is 4.42 Å². The molecule has 0 atom stereocenters. The predicted molar refractivity (Wildman–Crippen MR) is 69.1 cm³/mol. The second kappa shape index (κ2) is 5.35. The lowest BCUT2D eigenvalue weighted by atomic mass is 10.2. The van der Waals surface area contributed by atoms with Gasteiger partial charge >= 0.3 is 0 Å². The van der Waals surface area contributed by atoms with E-state index in [1.54, 1.807) is 0 Å². The van der Waals surface area contributed by atoms with Gasteiger partial charge < -0.3 is 9.73 Å². The molecule has 0 saturated heterocycles. The zero-order valence-corrected chi connectivity index (χ0v) is 11.4. The second-order valence-corrected chi connectivity index (χ2v) is 4.77. The van der Waals surface area contributed by atoms with Crippen LogP contribution in [0.3, 0.4) is 0 Å². The summed E-state index contributed by atoms with van der Waals surface area (Å²) < 4.78 is 7.15. The fourth-order valence-electron chi connectivity index (χ4n) is 1.77. The highest BCUT2D eigenvalue weighted by Gasteiger charge is 2.07. The third-order valence-corrected chi connectivity index (χ3v) is 3.00. The lowest BCUT2D eigenvalue weighted by Gasteiger charge is -2.03. The molecule has 2 aromatic heterocycles. The van der Waals surface area contributed by atoms with E-state index in [0.717, 1.165) is 23.7 Å². The molecule has 0 fully saturated rings. The van der Waals surface area contributed by atoms with Crippen LogP contribution in [0.4, 0.5) is 0 Å². The summed E-state index contributed by atoms with van der Waals surface area (Å²) in [5.41, 5.74) is 3.27. The van der Waals surface area contributed by atoms with Gasteiger partial charge in [-0.05, 0) is 27.7 Å². The van der Waals surface area contributed by atoms with Crippen LogP contribution in [-0.2, 0) is 13.1 Å². The maximum Gasteiger partial charge on any atom is 0.181 e. The van der Waals surface area contributed by atoms with E-state index in [9.17, 15) is 0 Å². The quantitative estimate of drug-likeness (QED) is 0.882. The zero-order valence-electron chi connectivity index (χ0n) is 11.4. The molecule has 0 bridgehead atoms. The molecule has 98 valence electrons. The van der Waals surface area contributed by atoms with Crippen LogP contribution >= 0.6 is 0 Å². The molecule has 18 heavy (non-hydrogen) atoms. The van der Waals surface area contributed by atoms with Gasteiger partial charge in [-0.15, -0.1) is 0 Å². The van der Waals surface area contributed by atoms with Gasteiger partial charge in [-0.2, -0.15) is 5.10 Å². The van der Waals surface area contributed by atoms with Crippen LogP contribution in [0.15, 0.2) is 17.0 Å². The van der Waals surface area contributed by atoms with Crippen molar-refractivity contribution >= 4 is 0 Å². The van der Waals surface area contributed by atoms with Gasteiger partial charge in [-0.1, -0.05) is 0 Å². The van der Waals surface area contributed by atoms with Crippen LogP contribution in [0.5, 0.6) is 0 Å². The minimum Gasteiger partial charge on any atom is -0.448 e. The van der Waals surface area contributed by atoms with E-state index in [1.807, 2.05) is 18.5 Å². The van der Waals surface area contributed by atoms with Gasteiger partial charge in [0.1, 0.15) is 5.76 Å². The first-order chi connectivity index (χ1) is 8.58. The van der Waals surface area contributed by atoms with Crippen molar-refractivity contribution in [2.45, 2.75) is 46.8 Å². The topological polar surface area (TPSA) is 55.9 Å². The standard InChI is InChI=1S/C13H20N4O/c1-9(2)17-7-12(10(3)16-17)5-14-6-13-11(4)18-8-15-13/h7-9,14H,5-6H2,1-4H3. The maximum absolute atomic E-state index is 5.16. The number of nitrogens with zero attached hydrogens (tertiary/aromatic N) is 3. The Morgan fingerprint density at radius 3 is 2.67 bits per heavy atom. The molecule has 0 aliphatic rings. The van der Waals surface area contributed by atoms with Gasteiger partial charge in [0.05, 0.1) is 11.4 Å². The molecule has 2 aromatic rings. The molecule has 0 amide bonds. The van der Waals surface area contributed by atoms with Crippen LogP contribution < -0.4 is 5.32 Å². The first-order valence-corrected chi connectivity index (χ1v) is 6.22. The summed E-state index contributed by atoms with van der Waals surface area (Å²) in [6, 6.07) is 0.398. The number of aromatic nitrogens is 3. The van der Waals surface area contributed by atoms with Crippen LogP contribution in [-0.4, -0.2) is 14.8 Å². The average molecular weight is 248 g/mol. The molecule has 0 aliphatic carbocycles. The Kier molecular flexibility index (Phi) is 3.81. The summed E-state index contributed by atoms with van der Waals surface area (Å²) in [5.74, 6) is 0.872. The number of nitrogens with one attached hydrogen (secondary N) is 1. The Balaban J connectivity index is 1.92. The molecule has 2 rings (SSSR count). The number of rotatable bonds is 5. The third kappa shape index (κ3) is 2.79. The summed E-state index contributed by atoms with van der Waals surface area (Å²) in [6.45, 7) is 9.73. The summed E-state index contributed by atoms with van der Waals surface area (Å²) in [5, 5.41) is 7.85. The summed E-state index contributed by atoms with van der Waals surface area (Å²) in [6.07, 6.45) is 3.58. The molecular weight excluding hydrogens is 228 g/mol. The van der Waals surface area contributed by atoms with Crippen molar-refractivity contribution in [2.24, 2.45) is 0 Å². The lowest BCUT2D eigenvalue weighted by Crippen LogP contribution is -2.13. The van der Waals surface area contributed by atoms with Crippen LogP contribution in [0, 0.1) is 13.8 Å². The van der Waals surface area contributed by atoms with E-state index < -0.39 is 0 Å². The van der Waals surface area contributed by atoms with Gasteiger partial charge in [-0.25, -0.2) is 4.98 Å². The molecule has 5 nitrogen and oxygen atoms in total. The number of hydrogen-bond acceptors (Lipinski definition) is 4. The Hall–Kier alpha value is -1.62. The molecule has 0 unspecified atom stereocenters. The molecule has 5 heteroatoms. The monoisotopic (exact) mass is 248 g/mol. The number of aryl methyl sites for hydroxylation is 2. The van der Waals surface area contributed by atoms with Gasteiger partial charge in [-0.3, -0.25) is 4.68 Å². The SMILES string of the molecule is Cc1nn(C(C)C)cc1CNCc1ncoc1C. The predicted octanol–water partition coefficient (Wildman–Crippen LogP) is 2.36. The fraction of sp³-hybridized carbons (Fsp3) is 0.538. The third-order valence-electron chi connectivity index (χ3n) is 3.00. The Labute approximate surface area is 107 Å². The van der Waals surface area contributed by atoms with Gasteiger partial charge in [0, 0.05) is 30.9 Å². The van der Waals surface area contributed by atoms with Crippen LogP contribution in [0.2, 0.25) is 0 Å². The van der Waals surface area contributed by atoms with Crippen molar-refractivity contribution in [3.05, 3.63) is 35.3 Å². The molecule has 1 N–H and O–H groups in total. The smallest absolute Gasteiger partial charge is 0.181 e. The molecule has 0 saturated carbocycles. The van der Waals surface area contributed by atoms with Crippen molar-refractivity contribution in [3.63, 3.8) is 0 Å². The zero-order chi connectivity index (χ0) is 13.1. The van der Waals surface area contributed by atoms with E-state index in [0.29, 0.717) is 12.6 Å². The maximum atomic E-state index is 5.16. The number of hydrogen-bond donors (Lipinski definition) is 1. The minimum atomic E-state index is 0.398. The summed E-state index contributed by atoms with van der Waals surface area (Å²) >= 11 is 0. The van der Waals surface area contributed by atoms with Crippen molar-refractivity contribution in [2.75, 3.05) is 0 Å². The van der Waals surface area contributed by atoms with Crippen molar-refractivity contribution < 1.29 is 4.42 Å². The molecule has 0 spiro atoms. The van der Waals surface area contributed by atoms with E-state index in [1.165, 1.54) is 12.0 Å². The molecular formula is C13H20N4O. The molecule has 0 aromatic carbocycles. The minimum absolute atomic E-state index is 0.398. The Morgan fingerprint density at radius 1 is 1.33 bits per heavy atom. The van der Waals surface area contributed by atoms with E-state index in [-0.39, 0.29) is 0 Å². The molecule has 0 radical (unpaired) electrons. The highest BCUT2D eigenvalue weighted by molar-refractivity contribution is 5.15. The molecule has 2 heterocycles. The average Bonchev–Trinajstić information content (AvgIpc) is 2.87. The summed E-state index contributed by atoms with van der Waals surface area (Å²) in [7, 11) is 0. The second-order valence-electron chi connectivity index (χ2n) is 4.77. The van der Waals surface area contributed by atoms with Crippen LogP contribution in [0.1, 0.15) is 42.6 Å². The first-order valence-electron chi connectivity index (χ1n) is 6.22. The Morgan fingerprint density at radius 2 is 2.11 bits per heavy atom. The molecule has 0 aliphatic heterocycles. The van der Waals surface area contributed by atoms with Gasteiger partial charge in [0.25, 0.3) is 0 Å². The lowest BCUT2D eigenvalue weighted by molar-refractivity contribution is 0.522. The highest BCUT2D eigenvalue weighted by atomic mass is 16.3. The van der Waals surface area contributed by atoms with Crippen molar-refractivity contribution in [1.82, 2.24) is 20.1 Å². The largest absolute Gasteiger partial charge is 0.448 e. The van der Waals surface area contributed by atoms with Crippen molar-refractivity contribution in [1.29, 1.82) is 0 Å². The Bertz CT molecular complexity index is 513. The fourth-order valence-corrected chi connectivity index (χ4v) is 1.77. The van der Waals surface area contributed by atoms with Gasteiger partial charge in [0.2, 0.25) is 0 Å². The normalized spacial score (nSPS) is 11.4.